The Kier molecular flexibility index (Phi) is 6.60. The summed E-state index contributed by atoms with van der Waals surface area (Å²) in [7, 11) is 0. The highest BCUT2D eigenvalue weighted by atomic mass is 79.9. The van der Waals surface area contributed by atoms with Gasteiger partial charge < -0.3 is 10.6 Å². The number of benzene rings is 2. The quantitative estimate of drug-likeness (QED) is 0.583. The third-order valence-corrected chi connectivity index (χ3v) is 6.17. The molecule has 0 aromatic heterocycles. The molecule has 0 aliphatic heterocycles. The SMILES string of the molecule is Cc1cc(Br)ccc1SCC(=O)NC(C)c1ccc(NC(=O)C2CC2)cc1. The first-order valence-electron chi connectivity index (χ1n) is 9.01. The number of nitrogens with one attached hydrogen (secondary N) is 2. The molecule has 1 unspecified atom stereocenters. The number of anilines is 1. The van der Waals surface area contributed by atoms with Crippen molar-refractivity contribution in [3.8, 4) is 0 Å². The van der Waals surface area contributed by atoms with Crippen molar-refractivity contribution in [3.05, 3.63) is 58.1 Å². The van der Waals surface area contributed by atoms with Gasteiger partial charge >= 0.3 is 0 Å². The maximum absolute atomic E-state index is 12.3. The Morgan fingerprint density at radius 1 is 1.19 bits per heavy atom. The van der Waals surface area contributed by atoms with E-state index in [0.29, 0.717) is 5.75 Å². The molecule has 2 aromatic carbocycles. The summed E-state index contributed by atoms with van der Waals surface area (Å²) in [6.07, 6.45) is 1.98. The second-order valence-electron chi connectivity index (χ2n) is 6.87. The maximum atomic E-state index is 12.3. The zero-order valence-electron chi connectivity index (χ0n) is 15.4. The molecule has 1 saturated carbocycles. The minimum Gasteiger partial charge on any atom is -0.349 e. The lowest BCUT2D eigenvalue weighted by molar-refractivity contribution is -0.119. The van der Waals surface area contributed by atoms with E-state index in [9.17, 15) is 9.59 Å². The first-order chi connectivity index (χ1) is 12.9. The average molecular weight is 447 g/mol. The number of hydrogen-bond donors (Lipinski definition) is 2. The van der Waals surface area contributed by atoms with Crippen LogP contribution >= 0.6 is 27.7 Å². The fourth-order valence-electron chi connectivity index (χ4n) is 2.73. The number of rotatable bonds is 7. The average Bonchev–Trinajstić information content (AvgIpc) is 3.46. The lowest BCUT2D eigenvalue weighted by Gasteiger charge is -2.15. The summed E-state index contributed by atoms with van der Waals surface area (Å²) >= 11 is 4.99. The standard InChI is InChI=1S/C21H23BrN2O2S/c1-13-11-17(22)7-10-19(13)27-12-20(25)23-14(2)15-5-8-18(9-6-15)24-21(26)16-3-4-16/h5-11,14,16H,3-4,12H2,1-2H3,(H,23,25)(H,24,26). The highest BCUT2D eigenvalue weighted by Gasteiger charge is 2.29. The van der Waals surface area contributed by atoms with Crippen LogP contribution in [0.15, 0.2) is 51.8 Å². The van der Waals surface area contributed by atoms with Crippen LogP contribution in [-0.2, 0) is 9.59 Å². The molecule has 142 valence electrons. The van der Waals surface area contributed by atoms with Gasteiger partial charge in [0, 0.05) is 21.0 Å². The normalized spacial score (nSPS) is 14.5. The van der Waals surface area contributed by atoms with Crippen LogP contribution in [0.5, 0.6) is 0 Å². The Balaban J connectivity index is 1.49. The monoisotopic (exact) mass is 446 g/mol. The fourth-order valence-corrected chi connectivity index (χ4v) is 4.03. The molecule has 1 aliphatic rings. The van der Waals surface area contributed by atoms with Crippen molar-refractivity contribution >= 4 is 45.2 Å². The molecule has 6 heteroatoms. The van der Waals surface area contributed by atoms with Gasteiger partial charge in [-0.25, -0.2) is 0 Å². The third kappa shape index (κ3) is 5.84. The van der Waals surface area contributed by atoms with Gasteiger partial charge in [0.05, 0.1) is 11.8 Å². The second kappa shape index (κ2) is 8.93. The van der Waals surface area contributed by atoms with Gasteiger partial charge in [-0.05, 0) is 68.1 Å². The van der Waals surface area contributed by atoms with Crippen LogP contribution in [0.2, 0.25) is 0 Å². The Morgan fingerprint density at radius 2 is 1.89 bits per heavy atom. The van der Waals surface area contributed by atoms with Crippen LogP contribution in [0.3, 0.4) is 0 Å². The van der Waals surface area contributed by atoms with Crippen LogP contribution in [-0.4, -0.2) is 17.6 Å². The molecular formula is C21H23BrN2O2S. The van der Waals surface area contributed by atoms with Crippen molar-refractivity contribution in [2.75, 3.05) is 11.1 Å². The van der Waals surface area contributed by atoms with Crippen molar-refractivity contribution in [2.45, 2.75) is 37.6 Å². The molecule has 2 aromatic rings. The first kappa shape index (κ1) is 20.0. The number of halogens is 1. The van der Waals surface area contributed by atoms with Gasteiger partial charge in [-0.1, -0.05) is 28.1 Å². The number of carbonyl (C=O) groups is 2. The van der Waals surface area contributed by atoms with Gasteiger partial charge in [-0.15, -0.1) is 11.8 Å². The molecule has 0 bridgehead atoms. The van der Waals surface area contributed by atoms with Crippen LogP contribution in [0.25, 0.3) is 0 Å². The van der Waals surface area contributed by atoms with E-state index in [0.717, 1.165) is 39.0 Å². The number of thioether (sulfide) groups is 1. The molecule has 0 radical (unpaired) electrons. The minimum atomic E-state index is -0.0858. The van der Waals surface area contributed by atoms with E-state index in [-0.39, 0.29) is 23.8 Å². The van der Waals surface area contributed by atoms with Crippen molar-refractivity contribution in [3.63, 3.8) is 0 Å². The van der Waals surface area contributed by atoms with Crippen molar-refractivity contribution in [1.29, 1.82) is 0 Å². The van der Waals surface area contributed by atoms with E-state index < -0.39 is 0 Å². The molecule has 0 saturated heterocycles. The number of aryl methyl sites for hydroxylation is 1. The van der Waals surface area contributed by atoms with Gasteiger partial charge in [0.25, 0.3) is 0 Å². The van der Waals surface area contributed by atoms with E-state index >= 15 is 0 Å². The molecular weight excluding hydrogens is 424 g/mol. The Hall–Kier alpha value is -1.79. The molecule has 2 N–H and O–H groups in total. The van der Waals surface area contributed by atoms with Crippen LogP contribution in [0, 0.1) is 12.8 Å². The Bertz CT molecular complexity index is 835. The molecule has 2 amide bonds. The van der Waals surface area contributed by atoms with E-state index in [1.165, 1.54) is 11.8 Å². The lowest BCUT2D eigenvalue weighted by Crippen LogP contribution is -2.28. The van der Waals surface area contributed by atoms with Crippen LogP contribution < -0.4 is 10.6 Å². The van der Waals surface area contributed by atoms with E-state index in [2.05, 4.69) is 26.6 Å². The smallest absolute Gasteiger partial charge is 0.230 e. The Labute approximate surface area is 172 Å². The largest absolute Gasteiger partial charge is 0.349 e. The maximum Gasteiger partial charge on any atom is 0.230 e. The van der Waals surface area contributed by atoms with Crippen LogP contribution in [0.4, 0.5) is 5.69 Å². The van der Waals surface area contributed by atoms with Gasteiger partial charge in [-0.3, -0.25) is 9.59 Å². The summed E-state index contributed by atoms with van der Waals surface area (Å²) in [5, 5.41) is 5.95. The lowest BCUT2D eigenvalue weighted by atomic mass is 10.1. The summed E-state index contributed by atoms with van der Waals surface area (Å²) in [6.45, 7) is 4.00. The molecule has 0 spiro atoms. The van der Waals surface area contributed by atoms with Crippen molar-refractivity contribution < 1.29 is 9.59 Å². The fraction of sp³-hybridized carbons (Fsp3) is 0.333. The van der Waals surface area contributed by atoms with Crippen molar-refractivity contribution in [1.82, 2.24) is 5.32 Å². The summed E-state index contributed by atoms with van der Waals surface area (Å²) < 4.78 is 1.04. The zero-order chi connectivity index (χ0) is 19.4. The van der Waals surface area contributed by atoms with Crippen LogP contribution in [0.1, 0.15) is 36.9 Å². The highest BCUT2D eigenvalue weighted by molar-refractivity contribution is 9.10. The molecule has 1 aliphatic carbocycles. The number of carbonyl (C=O) groups excluding carboxylic acids is 2. The molecule has 3 rings (SSSR count). The van der Waals surface area contributed by atoms with Gasteiger partial charge in [0.15, 0.2) is 0 Å². The molecule has 1 atom stereocenters. The zero-order valence-corrected chi connectivity index (χ0v) is 17.8. The molecule has 4 nitrogen and oxygen atoms in total. The predicted octanol–water partition coefficient (Wildman–Crippen LogP) is 5.08. The topological polar surface area (TPSA) is 58.2 Å². The number of amides is 2. The summed E-state index contributed by atoms with van der Waals surface area (Å²) in [6, 6.07) is 13.6. The van der Waals surface area contributed by atoms with E-state index in [1.54, 1.807) is 0 Å². The summed E-state index contributed by atoms with van der Waals surface area (Å²) in [5.74, 6) is 0.669. The van der Waals surface area contributed by atoms with Gasteiger partial charge in [-0.2, -0.15) is 0 Å². The molecule has 0 heterocycles. The molecule has 27 heavy (non-hydrogen) atoms. The predicted molar refractivity (Wildman–Crippen MR) is 114 cm³/mol. The molecule has 1 fully saturated rings. The minimum absolute atomic E-state index is 0.000862. The summed E-state index contributed by atoms with van der Waals surface area (Å²) in [5.41, 5.74) is 2.96. The van der Waals surface area contributed by atoms with Crippen molar-refractivity contribution in [2.24, 2.45) is 5.92 Å². The Morgan fingerprint density at radius 3 is 2.52 bits per heavy atom. The first-order valence-corrected chi connectivity index (χ1v) is 10.8. The number of hydrogen-bond acceptors (Lipinski definition) is 3. The van der Waals surface area contributed by atoms with E-state index in [1.807, 2.05) is 56.3 Å². The third-order valence-electron chi connectivity index (χ3n) is 4.50. The van der Waals surface area contributed by atoms with E-state index in [4.69, 9.17) is 0 Å². The summed E-state index contributed by atoms with van der Waals surface area (Å²) in [4.78, 5) is 25.2. The highest BCUT2D eigenvalue weighted by Crippen LogP contribution is 2.30. The second-order valence-corrected chi connectivity index (χ2v) is 8.81. The van der Waals surface area contributed by atoms with Gasteiger partial charge in [0.2, 0.25) is 11.8 Å². The van der Waals surface area contributed by atoms with Gasteiger partial charge in [0.1, 0.15) is 0 Å².